The third-order valence-electron chi connectivity index (χ3n) is 4.42. The maximum absolute atomic E-state index is 13.4. The van der Waals surface area contributed by atoms with Crippen molar-refractivity contribution in [2.45, 2.75) is 12.6 Å². The highest BCUT2D eigenvalue weighted by Gasteiger charge is 2.34. The minimum absolute atomic E-state index is 0.129. The third-order valence-corrected chi connectivity index (χ3v) is 4.42. The van der Waals surface area contributed by atoms with Crippen LogP contribution >= 0.6 is 0 Å². The molecule has 0 spiro atoms. The zero-order chi connectivity index (χ0) is 19.9. The molecule has 0 aliphatic carbocycles. The van der Waals surface area contributed by atoms with Crippen LogP contribution in [-0.2, 0) is 12.6 Å². The highest BCUT2D eigenvalue weighted by Crippen LogP contribution is 2.28. The zero-order valence-corrected chi connectivity index (χ0v) is 14.3. The molecule has 0 unspecified atom stereocenters. The molecular weight excluding hydrogens is 376 g/mol. The Morgan fingerprint density at radius 3 is 2.71 bits per heavy atom. The summed E-state index contributed by atoms with van der Waals surface area (Å²) in [5, 5.41) is 3.46. The number of H-pyrrole nitrogens is 2. The van der Waals surface area contributed by atoms with Gasteiger partial charge in [0.25, 0.3) is 5.91 Å². The van der Waals surface area contributed by atoms with E-state index in [9.17, 15) is 22.4 Å². The van der Waals surface area contributed by atoms with Crippen LogP contribution in [0, 0.1) is 5.82 Å². The van der Waals surface area contributed by atoms with Crippen molar-refractivity contribution >= 4 is 27.8 Å². The molecule has 2 aromatic carbocycles. The van der Waals surface area contributed by atoms with Gasteiger partial charge in [-0.05, 0) is 48.4 Å². The summed E-state index contributed by atoms with van der Waals surface area (Å²) < 4.78 is 51.6. The predicted octanol–water partition coefficient (Wildman–Crippen LogP) is 4.17. The van der Waals surface area contributed by atoms with E-state index in [-0.39, 0.29) is 29.0 Å². The maximum Gasteiger partial charge on any atom is 0.449 e. The molecular formula is C19H14F4N4O. The van der Waals surface area contributed by atoms with Gasteiger partial charge in [-0.2, -0.15) is 13.2 Å². The Kier molecular flexibility index (Phi) is 4.29. The maximum atomic E-state index is 13.4. The number of carbonyl (C=O) groups excluding carboxylic acids is 1. The van der Waals surface area contributed by atoms with Crippen molar-refractivity contribution in [3.8, 4) is 0 Å². The van der Waals surface area contributed by atoms with Crippen molar-refractivity contribution in [1.82, 2.24) is 20.3 Å². The van der Waals surface area contributed by atoms with Gasteiger partial charge in [-0.3, -0.25) is 4.79 Å². The van der Waals surface area contributed by atoms with Crippen LogP contribution in [0.4, 0.5) is 17.6 Å². The van der Waals surface area contributed by atoms with Crippen molar-refractivity contribution in [3.63, 3.8) is 0 Å². The molecule has 2 heterocycles. The van der Waals surface area contributed by atoms with E-state index in [2.05, 4.69) is 20.3 Å². The minimum atomic E-state index is -4.58. The lowest BCUT2D eigenvalue weighted by Gasteiger charge is -2.05. The monoisotopic (exact) mass is 390 g/mol. The SMILES string of the molecule is O=C(NCCc1c[nH]c2ccc(F)cc12)c1ccc2nc(C(F)(F)F)[nH]c2c1. The Morgan fingerprint density at radius 1 is 1.11 bits per heavy atom. The zero-order valence-electron chi connectivity index (χ0n) is 14.3. The summed E-state index contributed by atoms with van der Waals surface area (Å²) in [6.07, 6.45) is -2.36. The third kappa shape index (κ3) is 3.42. The molecule has 144 valence electrons. The van der Waals surface area contributed by atoms with Crippen molar-refractivity contribution in [2.24, 2.45) is 0 Å². The van der Waals surface area contributed by atoms with E-state index in [0.717, 1.165) is 16.5 Å². The summed E-state index contributed by atoms with van der Waals surface area (Å²) in [7, 11) is 0. The summed E-state index contributed by atoms with van der Waals surface area (Å²) in [5.41, 5.74) is 2.13. The number of alkyl halides is 3. The van der Waals surface area contributed by atoms with Crippen LogP contribution in [0.15, 0.2) is 42.6 Å². The fourth-order valence-corrected chi connectivity index (χ4v) is 3.06. The number of amides is 1. The lowest BCUT2D eigenvalue weighted by atomic mass is 10.1. The first-order chi connectivity index (χ1) is 13.3. The molecule has 5 nitrogen and oxygen atoms in total. The smallest absolute Gasteiger partial charge is 0.361 e. The van der Waals surface area contributed by atoms with Gasteiger partial charge in [-0.15, -0.1) is 0 Å². The van der Waals surface area contributed by atoms with Gasteiger partial charge in [-0.25, -0.2) is 9.37 Å². The molecule has 0 bridgehead atoms. The molecule has 28 heavy (non-hydrogen) atoms. The summed E-state index contributed by atoms with van der Waals surface area (Å²) in [4.78, 5) is 21.0. The van der Waals surface area contributed by atoms with E-state index >= 15 is 0 Å². The first-order valence-corrected chi connectivity index (χ1v) is 8.42. The Morgan fingerprint density at radius 2 is 1.93 bits per heavy atom. The number of rotatable bonds is 4. The van der Waals surface area contributed by atoms with E-state index in [1.807, 2.05) is 0 Å². The molecule has 1 amide bonds. The number of nitrogens with zero attached hydrogens (tertiary/aromatic N) is 1. The molecule has 2 aromatic heterocycles. The molecule has 4 rings (SSSR count). The fraction of sp³-hybridized carbons (Fsp3) is 0.158. The average molecular weight is 390 g/mol. The number of halogens is 4. The van der Waals surface area contributed by atoms with Gasteiger partial charge < -0.3 is 15.3 Å². The topological polar surface area (TPSA) is 73.6 Å². The molecule has 0 radical (unpaired) electrons. The highest BCUT2D eigenvalue weighted by atomic mass is 19.4. The number of aromatic nitrogens is 3. The Labute approximate surface area is 155 Å². The number of hydrogen-bond donors (Lipinski definition) is 3. The van der Waals surface area contributed by atoms with Gasteiger partial charge in [-0.1, -0.05) is 0 Å². The number of benzene rings is 2. The normalized spacial score (nSPS) is 12.0. The van der Waals surface area contributed by atoms with E-state index in [1.165, 1.54) is 30.3 Å². The standard InChI is InChI=1S/C19H14F4N4O/c20-12-2-4-14-13(8-12)11(9-25-14)5-6-24-17(28)10-1-3-15-16(7-10)27-18(26-15)19(21,22)23/h1-4,7-9,25H,5-6H2,(H,24,28)(H,26,27). The Hall–Kier alpha value is -3.36. The van der Waals surface area contributed by atoms with Gasteiger partial charge >= 0.3 is 6.18 Å². The van der Waals surface area contributed by atoms with E-state index in [1.54, 1.807) is 12.3 Å². The molecule has 9 heteroatoms. The van der Waals surface area contributed by atoms with Crippen LogP contribution in [0.3, 0.4) is 0 Å². The minimum Gasteiger partial charge on any atom is -0.361 e. The number of hydrogen-bond acceptors (Lipinski definition) is 2. The van der Waals surface area contributed by atoms with Crippen LogP contribution in [0.1, 0.15) is 21.7 Å². The van der Waals surface area contributed by atoms with Crippen LogP contribution < -0.4 is 5.32 Å². The summed E-state index contributed by atoms with van der Waals surface area (Å²) >= 11 is 0. The summed E-state index contributed by atoms with van der Waals surface area (Å²) in [6.45, 7) is 0.289. The van der Waals surface area contributed by atoms with Crippen LogP contribution in [0.5, 0.6) is 0 Å². The fourth-order valence-electron chi connectivity index (χ4n) is 3.06. The second-order valence-corrected chi connectivity index (χ2v) is 6.32. The Balaban J connectivity index is 1.45. The van der Waals surface area contributed by atoms with E-state index in [4.69, 9.17) is 0 Å². The second-order valence-electron chi connectivity index (χ2n) is 6.32. The predicted molar refractivity (Wildman–Crippen MR) is 95.4 cm³/mol. The van der Waals surface area contributed by atoms with Gasteiger partial charge in [0.05, 0.1) is 11.0 Å². The van der Waals surface area contributed by atoms with E-state index < -0.39 is 17.9 Å². The molecule has 0 saturated carbocycles. The van der Waals surface area contributed by atoms with Gasteiger partial charge in [0.2, 0.25) is 5.82 Å². The lowest BCUT2D eigenvalue weighted by molar-refractivity contribution is -0.144. The number of fused-ring (bicyclic) bond motifs is 2. The first kappa shape index (κ1) is 18.0. The molecule has 0 aliphatic heterocycles. The van der Waals surface area contributed by atoms with Crippen LogP contribution in [0.2, 0.25) is 0 Å². The molecule has 0 saturated heterocycles. The molecule has 0 fully saturated rings. The largest absolute Gasteiger partial charge is 0.449 e. The van der Waals surface area contributed by atoms with Gasteiger partial charge in [0, 0.05) is 29.2 Å². The van der Waals surface area contributed by atoms with Crippen molar-refractivity contribution in [2.75, 3.05) is 6.54 Å². The quantitative estimate of drug-likeness (QED) is 0.458. The Bertz CT molecular complexity index is 1180. The van der Waals surface area contributed by atoms with Crippen molar-refractivity contribution in [3.05, 3.63) is 65.4 Å². The van der Waals surface area contributed by atoms with Crippen molar-refractivity contribution in [1.29, 1.82) is 0 Å². The van der Waals surface area contributed by atoms with Gasteiger partial charge in [0.1, 0.15) is 5.82 Å². The highest BCUT2D eigenvalue weighted by molar-refractivity contribution is 5.97. The second kappa shape index (κ2) is 6.66. The number of carbonyl (C=O) groups is 1. The number of imidazole rings is 1. The van der Waals surface area contributed by atoms with Gasteiger partial charge in [0.15, 0.2) is 0 Å². The van der Waals surface area contributed by atoms with Crippen molar-refractivity contribution < 1.29 is 22.4 Å². The number of nitrogens with one attached hydrogen (secondary N) is 3. The molecule has 0 aliphatic rings. The average Bonchev–Trinajstić information content (AvgIpc) is 3.24. The summed E-state index contributed by atoms with van der Waals surface area (Å²) in [5.74, 6) is -1.87. The lowest BCUT2D eigenvalue weighted by Crippen LogP contribution is -2.25. The van der Waals surface area contributed by atoms with E-state index in [0.29, 0.717) is 6.42 Å². The number of aromatic amines is 2. The summed E-state index contributed by atoms with van der Waals surface area (Å²) in [6, 6.07) is 8.53. The van der Waals surface area contributed by atoms with Crippen LogP contribution in [0.25, 0.3) is 21.9 Å². The molecule has 0 atom stereocenters. The van der Waals surface area contributed by atoms with Crippen LogP contribution in [-0.4, -0.2) is 27.4 Å². The first-order valence-electron chi connectivity index (χ1n) is 8.42. The molecule has 3 N–H and O–H groups in total. The molecule has 4 aromatic rings.